The van der Waals surface area contributed by atoms with E-state index in [2.05, 4.69) is 31.0 Å². The van der Waals surface area contributed by atoms with Gasteiger partial charge in [0, 0.05) is 13.1 Å². The maximum atomic E-state index is 12.5. The summed E-state index contributed by atoms with van der Waals surface area (Å²) < 4.78 is 5.38. The SMILES string of the molecule is CCOC(=O)C(CN1CCC(C(C)(C)C)C1)(NC)C1CC1. The van der Waals surface area contributed by atoms with E-state index in [1.165, 1.54) is 6.42 Å². The average Bonchev–Trinajstić information content (AvgIpc) is 3.14. The molecule has 0 aromatic carbocycles. The minimum Gasteiger partial charge on any atom is -0.465 e. The monoisotopic (exact) mass is 296 g/mol. The Morgan fingerprint density at radius 1 is 1.24 bits per heavy atom. The molecule has 122 valence electrons. The van der Waals surface area contributed by atoms with Gasteiger partial charge >= 0.3 is 5.97 Å². The van der Waals surface area contributed by atoms with Crippen molar-refractivity contribution in [3.05, 3.63) is 0 Å². The molecule has 0 radical (unpaired) electrons. The third-order valence-corrected chi connectivity index (χ3v) is 5.33. The quantitative estimate of drug-likeness (QED) is 0.764. The Kier molecular flexibility index (Phi) is 4.99. The number of esters is 1. The molecule has 2 atom stereocenters. The van der Waals surface area contributed by atoms with E-state index in [1.54, 1.807) is 0 Å². The van der Waals surface area contributed by atoms with Crippen LogP contribution in [0.15, 0.2) is 0 Å². The molecule has 2 aliphatic rings. The summed E-state index contributed by atoms with van der Waals surface area (Å²) in [5.74, 6) is 1.10. The fourth-order valence-electron chi connectivity index (χ4n) is 3.62. The lowest BCUT2D eigenvalue weighted by Gasteiger charge is -2.35. The van der Waals surface area contributed by atoms with Gasteiger partial charge in [-0.3, -0.25) is 0 Å². The van der Waals surface area contributed by atoms with Gasteiger partial charge in [-0.1, -0.05) is 20.8 Å². The number of hydrogen-bond donors (Lipinski definition) is 1. The summed E-state index contributed by atoms with van der Waals surface area (Å²) in [4.78, 5) is 15.0. The highest BCUT2D eigenvalue weighted by molar-refractivity contribution is 5.82. The molecule has 1 N–H and O–H groups in total. The second-order valence-corrected chi connectivity index (χ2v) is 7.80. The number of carbonyl (C=O) groups excluding carboxylic acids is 1. The highest BCUT2D eigenvalue weighted by Gasteiger charge is 2.52. The largest absolute Gasteiger partial charge is 0.465 e. The molecular formula is C17H32N2O2. The van der Waals surface area contributed by atoms with E-state index in [0.717, 1.165) is 32.5 Å². The second-order valence-electron chi connectivity index (χ2n) is 7.80. The smallest absolute Gasteiger partial charge is 0.327 e. The molecular weight excluding hydrogens is 264 g/mol. The van der Waals surface area contributed by atoms with Gasteiger partial charge in [0.05, 0.1) is 6.61 Å². The van der Waals surface area contributed by atoms with Gasteiger partial charge in [0.2, 0.25) is 0 Å². The molecule has 0 spiro atoms. The molecule has 1 aliphatic heterocycles. The maximum Gasteiger partial charge on any atom is 0.327 e. The van der Waals surface area contributed by atoms with Crippen molar-refractivity contribution >= 4 is 5.97 Å². The van der Waals surface area contributed by atoms with Crippen LogP contribution in [-0.2, 0) is 9.53 Å². The van der Waals surface area contributed by atoms with Crippen LogP contribution in [0, 0.1) is 17.3 Å². The Morgan fingerprint density at radius 2 is 1.90 bits per heavy atom. The Labute approximate surface area is 129 Å². The van der Waals surface area contributed by atoms with Gasteiger partial charge in [-0.15, -0.1) is 0 Å². The van der Waals surface area contributed by atoms with Gasteiger partial charge in [0.1, 0.15) is 5.54 Å². The molecule has 2 unspecified atom stereocenters. The first kappa shape index (κ1) is 16.8. The van der Waals surface area contributed by atoms with E-state index in [0.29, 0.717) is 23.9 Å². The molecule has 21 heavy (non-hydrogen) atoms. The molecule has 4 nitrogen and oxygen atoms in total. The Bertz CT molecular complexity index is 373. The number of carbonyl (C=O) groups is 1. The topological polar surface area (TPSA) is 41.6 Å². The lowest BCUT2D eigenvalue weighted by Crippen LogP contribution is -2.60. The van der Waals surface area contributed by atoms with E-state index >= 15 is 0 Å². The lowest BCUT2D eigenvalue weighted by atomic mass is 9.80. The molecule has 4 heteroatoms. The molecule has 0 aromatic rings. The van der Waals surface area contributed by atoms with E-state index in [1.807, 2.05) is 14.0 Å². The summed E-state index contributed by atoms with van der Waals surface area (Å²) in [6.45, 7) is 12.3. The van der Waals surface area contributed by atoms with Crippen molar-refractivity contribution in [3.8, 4) is 0 Å². The molecule has 2 rings (SSSR count). The van der Waals surface area contributed by atoms with Crippen molar-refractivity contribution in [2.24, 2.45) is 17.3 Å². The normalized spacial score (nSPS) is 26.6. The van der Waals surface area contributed by atoms with Gasteiger partial charge in [-0.05, 0) is 57.0 Å². The van der Waals surface area contributed by atoms with Crippen LogP contribution < -0.4 is 5.32 Å². The highest BCUT2D eigenvalue weighted by Crippen LogP contribution is 2.42. The molecule has 0 aromatic heterocycles. The summed E-state index contributed by atoms with van der Waals surface area (Å²) in [5.41, 5.74) is -0.149. The molecule has 1 saturated heterocycles. The van der Waals surface area contributed by atoms with E-state index in [-0.39, 0.29) is 5.97 Å². The Hall–Kier alpha value is -0.610. The van der Waals surface area contributed by atoms with Crippen molar-refractivity contribution in [2.75, 3.05) is 33.3 Å². The first-order chi connectivity index (χ1) is 9.83. The predicted molar refractivity (Wildman–Crippen MR) is 85.1 cm³/mol. The standard InChI is InChI=1S/C17H32N2O2/c1-6-21-15(20)17(18-5,13-7-8-13)12-19-10-9-14(11-19)16(2,3)4/h13-14,18H,6-12H2,1-5H3. The second kappa shape index (κ2) is 6.25. The summed E-state index contributed by atoms with van der Waals surface area (Å²) in [6.07, 6.45) is 3.50. The zero-order valence-electron chi connectivity index (χ0n) is 14.4. The molecule has 1 saturated carbocycles. The number of likely N-dealkylation sites (N-methyl/N-ethyl adjacent to an activating group) is 1. The summed E-state index contributed by atoms with van der Waals surface area (Å²) in [7, 11) is 1.91. The van der Waals surface area contributed by atoms with Crippen molar-refractivity contribution in [2.45, 2.75) is 52.5 Å². The minimum absolute atomic E-state index is 0.0609. The first-order valence-electron chi connectivity index (χ1n) is 8.42. The van der Waals surface area contributed by atoms with E-state index < -0.39 is 5.54 Å². The lowest BCUT2D eigenvalue weighted by molar-refractivity contribution is -0.153. The molecule has 0 amide bonds. The number of nitrogens with one attached hydrogen (secondary N) is 1. The van der Waals surface area contributed by atoms with Crippen LogP contribution in [0.25, 0.3) is 0 Å². The molecule has 1 aliphatic carbocycles. The third-order valence-electron chi connectivity index (χ3n) is 5.33. The molecule has 0 bridgehead atoms. The fraction of sp³-hybridized carbons (Fsp3) is 0.941. The summed E-state index contributed by atoms with van der Waals surface area (Å²) in [6, 6.07) is 0. The van der Waals surface area contributed by atoms with Crippen LogP contribution in [0.1, 0.15) is 47.0 Å². The number of likely N-dealkylation sites (tertiary alicyclic amines) is 1. The van der Waals surface area contributed by atoms with Gasteiger partial charge in [-0.2, -0.15) is 0 Å². The van der Waals surface area contributed by atoms with E-state index in [4.69, 9.17) is 4.74 Å². The molecule has 1 heterocycles. The van der Waals surface area contributed by atoms with Crippen LogP contribution in [0.3, 0.4) is 0 Å². The summed E-state index contributed by atoms with van der Waals surface area (Å²) in [5, 5.41) is 3.33. The minimum atomic E-state index is -0.497. The highest BCUT2D eigenvalue weighted by atomic mass is 16.5. The zero-order valence-corrected chi connectivity index (χ0v) is 14.4. The number of nitrogens with zero attached hydrogens (tertiary/aromatic N) is 1. The predicted octanol–water partition coefficient (Wildman–Crippen LogP) is 2.29. The van der Waals surface area contributed by atoms with Crippen LogP contribution in [0.5, 0.6) is 0 Å². The van der Waals surface area contributed by atoms with Gasteiger partial charge in [0.15, 0.2) is 0 Å². The Morgan fingerprint density at radius 3 is 2.33 bits per heavy atom. The number of ether oxygens (including phenoxy) is 1. The maximum absolute atomic E-state index is 12.5. The van der Waals surface area contributed by atoms with Crippen molar-refractivity contribution in [1.29, 1.82) is 0 Å². The zero-order chi connectivity index (χ0) is 15.7. The number of hydrogen-bond acceptors (Lipinski definition) is 4. The van der Waals surface area contributed by atoms with Crippen LogP contribution >= 0.6 is 0 Å². The Balaban J connectivity index is 2.05. The summed E-state index contributed by atoms with van der Waals surface area (Å²) >= 11 is 0. The van der Waals surface area contributed by atoms with E-state index in [9.17, 15) is 4.79 Å². The van der Waals surface area contributed by atoms with Crippen LogP contribution in [-0.4, -0.2) is 49.7 Å². The van der Waals surface area contributed by atoms with Crippen molar-refractivity contribution < 1.29 is 9.53 Å². The first-order valence-corrected chi connectivity index (χ1v) is 8.42. The van der Waals surface area contributed by atoms with Crippen LogP contribution in [0.4, 0.5) is 0 Å². The van der Waals surface area contributed by atoms with Crippen LogP contribution in [0.2, 0.25) is 0 Å². The third kappa shape index (κ3) is 3.59. The van der Waals surface area contributed by atoms with Gasteiger partial charge in [-0.25, -0.2) is 4.79 Å². The number of rotatable bonds is 6. The van der Waals surface area contributed by atoms with Gasteiger partial charge < -0.3 is 15.0 Å². The van der Waals surface area contributed by atoms with Crippen molar-refractivity contribution in [1.82, 2.24) is 10.2 Å². The van der Waals surface area contributed by atoms with Crippen molar-refractivity contribution in [3.63, 3.8) is 0 Å². The molecule has 2 fully saturated rings. The fourth-order valence-corrected chi connectivity index (χ4v) is 3.62. The van der Waals surface area contributed by atoms with Gasteiger partial charge in [0.25, 0.3) is 0 Å². The average molecular weight is 296 g/mol.